The molecule has 0 saturated heterocycles. The molecule has 0 fully saturated rings. The Morgan fingerprint density at radius 1 is 0.810 bits per heavy atom. The van der Waals surface area contributed by atoms with Crippen LogP contribution in [0.1, 0.15) is 52.1 Å². The number of rotatable bonds is 5. The van der Waals surface area contributed by atoms with Gasteiger partial charge in [-0.3, -0.25) is 9.59 Å². The van der Waals surface area contributed by atoms with Crippen LogP contribution in [0.4, 0.5) is 0 Å². The largest absolute Gasteiger partial charge is 0.295 e. The summed E-state index contributed by atoms with van der Waals surface area (Å²) >= 11 is 0. The lowest BCUT2D eigenvalue weighted by Gasteiger charge is -1.99. The predicted molar refractivity (Wildman–Crippen MR) is 86.4 cm³/mol. The van der Waals surface area contributed by atoms with Crippen LogP contribution >= 0.6 is 0 Å². The number of benzene rings is 2. The standard InChI is InChI=1S/C19H18O2/c1-3-19(21)18-12-8-16(9-13-18)5-4-15-6-10-17(11-7-15)14(2)20/h4-13H,3H2,1-2H3/b5-4+. The minimum absolute atomic E-state index is 0.0710. The highest BCUT2D eigenvalue weighted by Crippen LogP contribution is 2.12. The third-order valence-electron chi connectivity index (χ3n) is 3.34. The topological polar surface area (TPSA) is 34.1 Å². The van der Waals surface area contributed by atoms with Gasteiger partial charge in [0.15, 0.2) is 11.6 Å². The summed E-state index contributed by atoms with van der Waals surface area (Å²) in [5.41, 5.74) is 3.54. The van der Waals surface area contributed by atoms with Crippen LogP contribution in [0.25, 0.3) is 12.2 Å². The molecule has 106 valence electrons. The van der Waals surface area contributed by atoms with Crippen molar-refractivity contribution in [1.29, 1.82) is 0 Å². The van der Waals surface area contributed by atoms with Crippen LogP contribution in [-0.4, -0.2) is 11.6 Å². The Kier molecular flexibility index (Phi) is 4.83. The van der Waals surface area contributed by atoms with Gasteiger partial charge in [0.25, 0.3) is 0 Å². The highest BCUT2D eigenvalue weighted by molar-refractivity contribution is 5.96. The van der Waals surface area contributed by atoms with Crippen molar-refractivity contribution >= 4 is 23.7 Å². The van der Waals surface area contributed by atoms with Crippen LogP contribution in [0.3, 0.4) is 0 Å². The number of ketones is 2. The fraction of sp³-hybridized carbons (Fsp3) is 0.158. The highest BCUT2D eigenvalue weighted by Gasteiger charge is 2.01. The summed E-state index contributed by atoms with van der Waals surface area (Å²) in [5.74, 6) is 0.229. The molecule has 0 aliphatic rings. The molecule has 0 heterocycles. The summed E-state index contributed by atoms with van der Waals surface area (Å²) in [6, 6.07) is 15.1. The molecular weight excluding hydrogens is 260 g/mol. The van der Waals surface area contributed by atoms with Gasteiger partial charge in [-0.25, -0.2) is 0 Å². The Labute approximate surface area is 125 Å². The maximum Gasteiger partial charge on any atom is 0.162 e. The third-order valence-corrected chi connectivity index (χ3v) is 3.34. The first-order valence-corrected chi connectivity index (χ1v) is 7.02. The van der Waals surface area contributed by atoms with Crippen LogP contribution < -0.4 is 0 Å². The molecule has 2 heteroatoms. The molecule has 2 aromatic carbocycles. The van der Waals surface area contributed by atoms with Crippen LogP contribution in [0.2, 0.25) is 0 Å². The quantitative estimate of drug-likeness (QED) is 0.589. The maximum absolute atomic E-state index is 11.5. The van der Waals surface area contributed by atoms with Gasteiger partial charge in [-0.1, -0.05) is 67.6 Å². The van der Waals surface area contributed by atoms with Crippen molar-refractivity contribution in [3.8, 4) is 0 Å². The fourth-order valence-electron chi connectivity index (χ4n) is 2.01. The van der Waals surface area contributed by atoms with E-state index in [9.17, 15) is 9.59 Å². The van der Waals surface area contributed by atoms with Crippen molar-refractivity contribution in [1.82, 2.24) is 0 Å². The minimum atomic E-state index is 0.0710. The summed E-state index contributed by atoms with van der Waals surface area (Å²) < 4.78 is 0. The van der Waals surface area contributed by atoms with E-state index in [2.05, 4.69) is 0 Å². The van der Waals surface area contributed by atoms with Crippen molar-refractivity contribution in [2.24, 2.45) is 0 Å². The molecule has 2 rings (SSSR count). The highest BCUT2D eigenvalue weighted by atomic mass is 16.1. The summed E-state index contributed by atoms with van der Waals surface area (Å²) in [4.78, 5) is 22.7. The van der Waals surface area contributed by atoms with E-state index in [-0.39, 0.29) is 11.6 Å². The van der Waals surface area contributed by atoms with Gasteiger partial charge in [0, 0.05) is 17.5 Å². The molecule has 2 nitrogen and oxygen atoms in total. The first-order valence-electron chi connectivity index (χ1n) is 7.02. The number of carbonyl (C=O) groups is 2. The Hall–Kier alpha value is -2.48. The van der Waals surface area contributed by atoms with E-state index in [1.165, 1.54) is 0 Å². The second-order valence-corrected chi connectivity index (χ2v) is 4.91. The van der Waals surface area contributed by atoms with Gasteiger partial charge < -0.3 is 0 Å². The smallest absolute Gasteiger partial charge is 0.162 e. The van der Waals surface area contributed by atoms with E-state index in [1.807, 2.05) is 67.6 Å². The molecule has 2 aromatic rings. The molecule has 0 unspecified atom stereocenters. The average Bonchev–Trinajstić information content (AvgIpc) is 2.53. The number of hydrogen-bond donors (Lipinski definition) is 0. The predicted octanol–water partition coefficient (Wildman–Crippen LogP) is 4.65. The lowest BCUT2D eigenvalue weighted by atomic mass is 10.0. The van der Waals surface area contributed by atoms with Crippen molar-refractivity contribution in [2.75, 3.05) is 0 Å². The Morgan fingerprint density at radius 2 is 1.24 bits per heavy atom. The second kappa shape index (κ2) is 6.80. The zero-order chi connectivity index (χ0) is 15.2. The zero-order valence-corrected chi connectivity index (χ0v) is 12.3. The molecule has 0 radical (unpaired) electrons. The van der Waals surface area contributed by atoms with Gasteiger partial charge >= 0.3 is 0 Å². The zero-order valence-electron chi connectivity index (χ0n) is 12.3. The van der Waals surface area contributed by atoms with Gasteiger partial charge in [-0.15, -0.1) is 0 Å². The number of Topliss-reactive ketones (excluding diaryl/α,β-unsaturated/α-hetero) is 2. The first-order chi connectivity index (χ1) is 10.1. The molecule has 0 N–H and O–H groups in total. The Bertz CT molecular complexity index is 662. The molecule has 0 aliphatic heterocycles. The lowest BCUT2D eigenvalue weighted by Crippen LogP contribution is -1.95. The molecule has 0 amide bonds. The summed E-state index contributed by atoms with van der Waals surface area (Å²) in [7, 11) is 0. The van der Waals surface area contributed by atoms with E-state index in [0.717, 1.165) is 22.3 Å². The van der Waals surface area contributed by atoms with Crippen molar-refractivity contribution < 1.29 is 9.59 Å². The van der Waals surface area contributed by atoms with Crippen LogP contribution in [0, 0.1) is 0 Å². The van der Waals surface area contributed by atoms with Gasteiger partial charge in [-0.2, -0.15) is 0 Å². The second-order valence-electron chi connectivity index (χ2n) is 4.91. The lowest BCUT2D eigenvalue weighted by molar-refractivity contribution is 0.0986. The van der Waals surface area contributed by atoms with E-state index in [0.29, 0.717) is 6.42 Å². The van der Waals surface area contributed by atoms with Crippen molar-refractivity contribution in [2.45, 2.75) is 20.3 Å². The van der Waals surface area contributed by atoms with E-state index < -0.39 is 0 Å². The van der Waals surface area contributed by atoms with Gasteiger partial charge in [0.2, 0.25) is 0 Å². The van der Waals surface area contributed by atoms with Gasteiger partial charge in [0.1, 0.15) is 0 Å². The van der Waals surface area contributed by atoms with Crippen molar-refractivity contribution in [3.05, 3.63) is 70.8 Å². The maximum atomic E-state index is 11.5. The number of hydrogen-bond acceptors (Lipinski definition) is 2. The Morgan fingerprint density at radius 3 is 1.62 bits per heavy atom. The molecule has 0 spiro atoms. The SMILES string of the molecule is CCC(=O)c1ccc(/C=C/c2ccc(C(C)=O)cc2)cc1. The van der Waals surface area contributed by atoms with Crippen molar-refractivity contribution in [3.63, 3.8) is 0 Å². The first kappa shape index (κ1) is 14.9. The summed E-state index contributed by atoms with van der Waals surface area (Å²) in [6.07, 6.45) is 4.50. The average molecular weight is 278 g/mol. The molecule has 0 aliphatic carbocycles. The normalized spacial score (nSPS) is 10.8. The van der Waals surface area contributed by atoms with Crippen LogP contribution in [0.15, 0.2) is 48.5 Å². The van der Waals surface area contributed by atoms with Gasteiger partial charge in [-0.05, 0) is 18.1 Å². The van der Waals surface area contributed by atoms with Crippen LogP contribution in [0.5, 0.6) is 0 Å². The molecule has 0 saturated carbocycles. The van der Waals surface area contributed by atoms with Gasteiger partial charge in [0.05, 0.1) is 0 Å². The van der Waals surface area contributed by atoms with E-state index >= 15 is 0 Å². The molecule has 21 heavy (non-hydrogen) atoms. The molecular formula is C19H18O2. The third kappa shape index (κ3) is 3.99. The molecule has 0 bridgehead atoms. The molecule has 0 atom stereocenters. The summed E-state index contributed by atoms with van der Waals surface area (Å²) in [5, 5.41) is 0. The van der Waals surface area contributed by atoms with E-state index in [1.54, 1.807) is 6.92 Å². The Balaban J connectivity index is 2.10. The van der Waals surface area contributed by atoms with E-state index in [4.69, 9.17) is 0 Å². The molecule has 0 aromatic heterocycles. The van der Waals surface area contributed by atoms with Crippen LogP contribution in [-0.2, 0) is 0 Å². The fourth-order valence-corrected chi connectivity index (χ4v) is 2.01. The minimum Gasteiger partial charge on any atom is -0.295 e. The monoisotopic (exact) mass is 278 g/mol. The summed E-state index contributed by atoms with van der Waals surface area (Å²) in [6.45, 7) is 3.42. The number of carbonyl (C=O) groups excluding carboxylic acids is 2.